The van der Waals surface area contributed by atoms with Gasteiger partial charge >= 0.3 is 5.97 Å². The maximum absolute atomic E-state index is 12.7. The number of esters is 1. The Hall–Kier alpha value is -2.98. The lowest BCUT2D eigenvalue weighted by molar-refractivity contribution is -0.140. The highest BCUT2D eigenvalue weighted by Gasteiger charge is 2.27. The van der Waals surface area contributed by atoms with Gasteiger partial charge in [-0.15, -0.1) is 34.0 Å². The first-order valence-electron chi connectivity index (χ1n) is 13.3. The Labute approximate surface area is 237 Å². The predicted octanol–water partition coefficient (Wildman–Crippen LogP) is 10.2. The second kappa shape index (κ2) is 12.7. The van der Waals surface area contributed by atoms with E-state index in [2.05, 4.69) is 54.8 Å². The van der Waals surface area contributed by atoms with Gasteiger partial charge in [0.25, 0.3) is 0 Å². The molecule has 0 atom stereocenters. The Bertz CT molecular complexity index is 1410. The van der Waals surface area contributed by atoms with Crippen LogP contribution in [0.1, 0.15) is 62.3 Å². The molecule has 1 aliphatic rings. The number of hydrogen-bond acceptors (Lipinski definition) is 6. The van der Waals surface area contributed by atoms with Gasteiger partial charge in [-0.05, 0) is 103 Å². The largest absolute Gasteiger partial charge is 0.426 e. The summed E-state index contributed by atoms with van der Waals surface area (Å²) in [6.45, 7) is 2.23. The summed E-state index contributed by atoms with van der Waals surface area (Å²) in [6, 6.07) is 22.4. The number of nitriles is 1. The minimum Gasteiger partial charge on any atom is -0.426 e. The SMILES string of the molecule is CCCCC1CCC(C(=O)Oc2ccc(/C(C#N)=C/c3ccc(-c4ccc(-c5cccs5)s4)s3)cc2)CC1. The first kappa shape index (κ1) is 26.6. The van der Waals surface area contributed by atoms with Gasteiger partial charge in [-0.1, -0.05) is 32.3 Å². The van der Waals surface area contributed by atoms with Crippen molar-refractivity contribution in [2.75, 3.05) is 0 Å². The Kier molecular flexibility index (Phi) is 8.90. The molecule has 1 saturated carbocycles. The summed E-state index contributed by atoms with van der Waals surface area (Å²) in [7, 11) is 0. The van der Waals surface area contributed by atoms with Gasteiger partial charge in [-0.2, -0.15) is 5.26 Å². The Morgan fingerprint density at radius 1 is 0.947 bits per heavy atom. The maximum atomic E-state index is 12.7. The number of carbonyl (C=O) groups is 1. The monoisotopic (exact) mass is 557 g/mol. The lowest BCUT2D eigenvalue weighted by Crippen LogP contribution is -2.25. The number of carbonyl (C=O) groups excluding carboxylic acids is 1. The Morgan fingerprint density at radius 3 is 2.34 bits per heavy atom. The number of benzene rings is 1. The first-order valence-corrected chi connectivity index (χ1v) is 15.8. The molecule has 0 bridgehead atoms. The number of allylic oxidation sites excluding steroid dienone is 1. The van der Waals surface area contributed by atoms with E-state index in [4.69, 9.17) is 4.74 Å². The molecular weight excluding hydrogens is 527 g/mol. The minimum absolute atomic E-state index is 0.000113. The molecule has 3 heterocycles. The van der Waals surface area contributed by atoms with Crippen LogP contribution in [0.3, 0.4) is 0 Å². The van der Waals surface area contributed by atoms with Crippen molar-refractivity contribution in [1.82, 2.24) is 0 Å². The van der Waals surface area contributed by atoms with Crippen LogP contribution in [0.2, 0.25) is 0 Å². The topological polar surface area (TPSA) is 50.1 Å². The predicted molar refractivity (Wildman–Crippen MR) is 161 cm³/mol. The van der Waals surface area contributed by atoms with Crippen LogP contribution in [0, 0.1) is 23.2 Å². The standard InChI is InChI=1S/C32H31NO2S3/c1-2-3-5-22-7-9-24(10-8-22)32(34)35-26-13-11-23(12-14-26)25(21-33)20-27-15-16-30(37-27)31-18-17-29(38-31)28-6-4-19-36-28/h4,6,11-20,22,24H,2-3,5,7-10H2,1H3/b25-20+. The third-order valence-electron chi connectivity index (χ3n) is 7.18. The molecular formula is C32H31NO2S3. The fraction of sp³-hybridized carbons (Fsp3) is 0.312. The normalized spacial score (nSPS) is 17.7. The van der Waals surface area contributed by atoms with E-state index < -0.39 is 0 Å². The van der Waals surface area contributed by atoms with Gasteiger partial charge in [-0.3, -0.25) is 4.79 Å². The van der Waals surface area contributed by atoms with E-state index in [1.54, 1.807) is 46.1 Å². The van der Waals surface area contributed by atoms with Crippen LogP contribution >= 0.6 is 34.0 Å². The Morgan fingerprint density at radius 2 is 1.66 bits per heavy atom. The van der Waals surface area contributed by atoms with Crippen LogP contribution in [-0.2, 0) is 4.79 Å². The zero-order valence-electron chi connectivity index (χ0n) is 21.5. The van der Waals surface area contributed by atoms with E-state index in [1.165, 1.54) is 38.8 Å². The van der Waals surface area contributed by atoms with Gasteiger partial charge in [0.05, 0.1) is 17.6 Å². The average molecular weight is 558 g/mol. The smallest absolute Gasteiger partial charge is 0.314 e. The Balaban J connectivity index is 1.20. The third kappa shape index (κ3) is 6.53. The molecule has 5 rings (SSSR count). The molecule has 0 N–H and O–H groups in total. The van der Waals surface area contributed by atoms with Crippen LogP contribution in [0.5, 0.6) is 5.75 Å². The second-order valence-corrected chi connectivity index (χ2v) is 13.0. The minimum atomic E-state index is -0.121. The fourth-order valence-corrected chi connectivity index (χ4v) is 7.87. The molecule has 0 saturated heterocycles. The summed E-state index contributed by atoms with van der Waals surface area (Å²) < 4.78 is 5.70. The number of unbranched alkanes of at least 4 members (excludes halogenated alkanes) is 1. The summed E-state index contributed by atoms with van der Waals surface area (Å²) in [5.41, 5.74) is 1.40. The number of thiophene rings is 3. The highest BCUT2D eigenvalue weighted by molar-refractivity contribution is 7.26. The third-order valence-corrected chi connectivity index (χ3v) is 10.6. The van der Waals surface area contributed by atoms with E-state index >= 15 is 0 Å². The molecule has 1 fully saturated rings. The molecule has 0 amide bonds. The lowest BCUT2D eigenvalue weighted by Gasteiger charge is -2.27. The van der Waals surface area contributed by atoms with Gasteiger partial charge in [0.15, 0.2) is 0 Å². The first-order chi connectivity index (χ1) is 18.6. The second-order valence-electron chi connectivity index (χ2n) is 9.82. The number of ether oxygens (including phenoxy) is 1. The molecule has 0 unspecified atom stereocenters. The van der Waals surface area contributed by atoms with Gasteiger partial charge < -0.3 is 4.74 Å². The number of nitrogens with zero attached hydrogens (tertiary/aromatic N) is 1. The van der Waals surface area contributed by atoms with Gasteiger partial charge in [0.2, 0.25) is 0 Å². The van der Waals surface area contributed by atoms with E-state index in [1.807, 2.05) is 18.2 Å². The number of rotatable bonds is 9. The molecule has 38 heavy (non-hydrogen) atoms. The van der Waals surface area contributed by atoms with Crippen molar-refractivity contribution < 1.29 is 9.53 Å². The quantitative estimate of drug-likeness (QED) is 0.117. The molecule has 3 aromatic heterocycles. The fourth-order valence-electron chi connectivity index (χ4n) is 4.99. The summed E-state index contributed by atoms with van der Waals surface area (Å²) in [6.07, 6.45) is 9.84. The van der Waals surface area contributed by atoms with E-state index in [0.29, 0.717) is 11.3 Å². The van der Waals surface area contributed by atoms with Crippen molar-refractivity contribution >= 4 is 51.6 Å². The molecule has 1 aromatic carbocycles. The van der Waals surface area contributed by atoms with E-state index in [-0.39, 0.29) is 11.9 Å². The summed E-state index contributed by atoms with van der Waals surface area (Å²) >= 11 is 5.23. The van der Waals surface area contributed by atoms with Gasteiger partial charge in [0, 0.05) is 24.4 Å². The molecule has 0 radical (unpaired) electrons. The molecule has 0 spiro atoms. The molecule has 3 nitrogen and oxygen atoms in total. The van der Waals surface area contributed by atoms with Crippen LogP contribution < -0.4 is 4.74 Å². The van der Waals surface area contributed by atoms with Crippen molar-refractivity contribution in [3.63, 3.8) is 0 Å². The molecule has 0 aliphatic heterocycles. The van der Waals surface area contributed by atoms with Crippen molar-refractivity contribution in [3.05, 3.63) is 76.5 Å². The van der Waals surface area contributed by atoms with Gasteiger partial charge in [-0.25, -0.2) is 0 Å². The summed E-state index contributed by atoms with van der Waals surface area (Å²) in [5.74, 6) is 1.19. The summed E-state index contributed by atoms with van der Waals surface area (Å²) in [5, 5.41) is 11.9. The summed E-state index contributed by atoms with van der Waals surface area (Å²) in [4.78, 5) is 18.7. The average Bonchev–Trinajstić information content (AvgIpc) is 3.73. The zero-order valence-corrected chi connectivity index (χ0v) is 24.0. The number of hydrogen-bond donors (Lipinski definition) is 0. The van der Waals surface area contributed by atoms with E-state index in [9.17, 15) is 10.1 Å². The van der Waals surface area contributed by atoms with Crippen LogP contribution in [0.4, 0.5) is 0 Å². The van der Waals surface area contributed by atoms with Crippen LogP contribution in [0.15, 0.2) is 66.0 Å². The lowest BCUT2D eigenvalue weighted by atomic mass is 9.80. The van der Waals surface area contributed by atoms with Crippen LogP contribution in [-0.4, -0.2) is 5.97 Å². The van der Waals surface area contributed by atoms with Crippen molar-refractivity contribution in [3.8, 4) is 31.3 Å². The highest BCUT2D eigenvalue weighted by atomic mass is 32.1. The van der Waals surface area contributed by atoms with Crippen molar-refractivity contribution in [2.45, 2.75) is 51.9 Å². The maximum Gasteiger partial charge on any atom is 0.314 e. The van der Waals surface area contributed by atoms with Crippen LogP contribution in [0.25, 0.3) is 31.2 Å². The molecule has 194 valence electrons. The van der Waals surface area contributed by atoms with E-state index in [0.717, 1.165) is 42.0 Å². The van der Waals surface area contributed by atoms with Crippen molar-refractivity contribution in [2.24, 2.45) is 11.8 Å². The highest BCUT2D eigenvalue weighted by Crippen LogP contribution is 2.40. The van der Waals surface area contributed by atoms with Crippen molar-refractivity contribution in [1.29, 1.82) is 5.26 Å². The molecule has 6 heteroatoms. The molecule has 4 aromatic rings. The molecule has 1 aliphatic carbocycles. The zero-order chi connectivity index (χ0) is 26.3. The van der Waals surface area contributed by atoms with Gasteiger partial charge in [0.1, 0.15) is 5.75 Å².